The van der Waals surface area contributed by atoms with E-state index in [1.807, 2.05) is 9.58 Å². The summed E-state index contributed by atoms with van der Waals surface area (Å²) in [6.07, 6.45) is 1.87. The number of amides is 1. The van der Waals surface area contributed by atoms with E-state index in [-0.39, 0.29) is 5.91 Å². The Morgan fingerprint density at radius 1 is 1.22 bits per heavy atom. The first-order chi connectivity index (χ1) is 11.2. The number of benzene rings is 1. The molecule has 1 N–H and O–H groups in total. The number of nitrogens with zero attached hydrogens (tertiary/aromatic N) is 3. The molecule has 0 aliphatic carbocycles. The topological polar surface area (TPSA) is 50.2 Å². The molecule has 23 heavy (non-hydrogen) atoms. The molecule has 0 fully saturated rings. The highest BCUT2D eigenvalue weighted by atomic mass is 127. The van der Waals surface area contributed by atoms with Gasteiger partial charge in [0.2, 0.25) is 0 Å². The van der Waals surface area contributed by atoms with Gasteiger partial charge < -0.3 is 10.2 Å². The standard InChI is InChI=1S/C17H19IN4O/c18-13-4-2-12(3-5-13)11-21-8-1-9-22-16(17(21)23)14-10-19-7-6-15(14)20-22/h2-5,19H,1,6-11H2. The molecule has 0 bridgehead atoms. The van der Waals surface area contributed by atoms with Crippen LogP contribution in [0.25, 0.3) is 0 Å². The van der Waals surface area contributed by atoms with Crippen LogP contribution in [0.5, 0.6) is 0 Å². The first-order valence-electron chi connectivity index (χ1n) is 8.05. The van der Waals surface area contributed by atoms with E-state index in [0.717, 1.165) is 56.0 Å². The second-order valence-corrected chi connectivity index (χ2v) is 7.38. The van der Waals surface area contributed by atoms with E-state index in [1.165, 1.54) is 9.13 Å². The summed E-state index contributed by atoms with van der Waals surface area (Å²) in [4.78, 5) is 15.0. The third-order valence-electron chi connectivity index (χ3n) is 4.55. The molecule has 4 rings (SSSR count). The highest BCUT2D eigenvalue weighted by molar-refractivity contribution is 14.1. The minimum absolute atomic E-state index is 0.124. The van der Waals surface area contributed by atoms with Gasteiger partial charge in [-0.25, -0.2) is 0 Å². The molecule has 0 atom stereocenters. The lowest BCUT2D eigenvalue weighted by atomic mass is 10.1. The highest BCUT2D eigenvalue weighted by Crippen LogP contribution is 2.23. The van der Waals surface area contributed by atoms with Crippen molar-refractivity contribution < 1.29 is 4.79 Å². The summed E-state index contributed by atoms with van der Waals surface area (Å²) in [7, 11) is 0. The smallest absolute Gasteiger partial charge is 0.272 e. The first-order valence-corrected chi connectivity index (χ1v) is 9.13. The summed E-state index contributed by atoms with van der Waals surface area (Å²) >= 11 is 2.30. The molecular formula is C17H19IN4O. The van der Waals surface area contributed by atoms with Gasteiger partial charge in [0.25, 0.3) is 5.91 Å². The quantitative estimate of drug-likeness (QED) is 0.756. The first kappa shape index (κ1) is 15.1. The molecule has 2 aromatic rings. The minimum atomic E-state index is 0.124. The van der Waals surface area contributed by atoms with Gasteiger partial charge in [-0.2, -0.15) is 5.10 Å². The largest absolute Gasteiger partial charge is 0.333 e. The van der Waals surface area contributed by atoms with Crippen LogP contribution in [0, 0.1) is 3.57 Å². The fourth-order valence-electron chi connectivity index (χ4n) is 3.38. The highest BCUT2D eigenvalue weighted by Gasteiger charge is 2.30. The molecule has 6 heteroatoms. The van der Waals surface area contributed by atoms with Gasteiger partial charge in [0, 0.05) is 48.3 Å². The fraction of sp³-hybridized carbons (Fsp3) is 0.412. The molecule has 5 nitrogen and oxygen atoms in total. The number of hydrogen-bond donors (Lipinski definition) is 1. The van der Waals surface area contributed by atoms with Gasteiger partial charge in [-0.05, 0) is 46.7 Å². The maximum Gasteiger partial charge on any atom is 0.272 e. The Balaban J connectivity index is 1.64. The fourth-order valence-corrected chi connectivity index (χ4v) is 3.74. The molecule has 1 aromatic heterocycles. The monoisotopic (exact) mass is 422 g/mol. The van der Waals surface area contributed by atoms with Gasteiger partial charge >= 0.3 is 0 Å². The Morgan fingerprint density at radius 3 is 2.87 bits per heavy atom. The summed E-state index contributed by atoms with van der Waals surface area (Å²) < 4.78 is 3.15. The Kier molecular flexibility index (Phi) is 4.11. The van der Waals surface area contributed by atoms with Crippen LogP contribution in [0.15, 0.2) is 24.3 Å². The van der Waals surface area contributed by atoms with Crippen LogP contribution in [-0.4, -0.2) is 33.7 Å². The summed E-state index contributed by atoms with van der Waals surface area (Å²) in [6, 6.07) is 8.39. The van der Waals surface area contributed by atoms with Crippen molar-refractivity contribution in [2.75, 3.05) is 13.1 Å². The lowest BCUT2D eigenvalue weighted by Crippen LogP contribution is -2.32. The molecule has 120 valence electrons. The van der Waals surface area contributed by atoms with Crippen LogP contribution < -0.4 is 5.32 Å². The van der Waals surface area contributed by atoms with Crippen LogP contribution in [0.2, 0.25) is 0 Å². The van der Waals surface area contributed by atoms with Crippen molar-refractivity contribution in [1.29, 1.82) is 0 Å². The van der Waals surface area contributed by atoms with Crippen molar-refractivity contribution in [2.24, 2.45) is 0 Å². The van der Waals surface area contributed by atoms with E-state index in [9.17, 15) is 4.79 Å². The van der Waals surface area contributed by atoms with Crippen molar-refractivity contribution in [3.8, 4) is 0 Å². The molecule has 2 aliphatic rings. The number of carbonyl (C=O) groups is 1. The SMILES string of the molecule is O=C1c2c3c(nn2CCCN1Cc1ccc(I)cc1)CCNC3. The maximum atomic E-state index is 13.1. The van der Waals surface area contributed by atoms with Crippen molar-refractivity contribution in [3.05, 3.63) is 50.4 Å². The van der Waals surface area contributed by atoms with Gasteiger partial charge in [-0.15, -0.1) is 0 Å². The summed E-state index contributed by atoms with van der Waals surface area (Å²) in [6.45, 7) is 3.99. The number of halogens is 1. The Hall–Kier alpha value is -1.41. The van der Waals surface area contributed by atoms with E-state index < -0.39 is 0 Å². The molecule has 0 spiro atoms. The van der Waals surface area contributed by atoms with E-state index >= 15 is 0 Å². The zero-order valence-corrected chi connectivity index (χ0v) is 15.0. The number of carbonyl (C=O) groups excluding carboxylic acids is 1. The number of aromatic nitrogens is 2. The lowest BCUT2D eigenvalue weighted by molar-refractivity contribution is 0.0744. The van der Waals surface area contributed by atoms with E-state index in [0.29, 0.717) is 6.54 Å². The van der Waals surface area contributed by atoms with Crippen LogP contribution in [0.4, 0.5) is 0 Å². The molecule has 0 unspecified atom stereocenters. The molecule has 1 aromatic carbocycles. The number of fused-ring (bicyclic) bond motifs is 3. The average molecular weight is 422 g/mol. The van der Waals surface area contributed by atoms with Crippen molar-refractivity contribution in [1.82, 2.24) is 20.0 Å². The Morgan fingerprint density at radius 2 is 2.04 bits per heavy atom. The van der Waals surface area contributed by atoms with Crippen LogP contribution >= 0.6 is 22.6 Å². The number of hydrogen-bond acceptors (Lipinski definition) is 3. The Bertz CT molecular complexity index is 738. The predicted octanol–water partition coefficient (Wildman–Crippen LogP) is 2.18. The van der Waals surface area contributed by atoms with Gasteiger partial charge in [-0.1, -0.05) is 12.1 Å². The van der Waals surface area contributed by atoms with E-state index in [2.05, 4.69) is 57.3 Å². The summed E-state index contributed by atoms with van der Waals surface area (Å²) in [5.74, 6) is 0.124. The van der Waals surface area contributed by atoms with Crippen LogP contribution in [-0.2, 0) is 26.1 Å². The second-order valence-electron chi connectivity index (χ2n) is 6.13. The van der Waals surface area contributed by atoms with Crippen molar-refractivity contribution in [2.45, 2.75) is 32.5 Å². The van der Waals surface area contributed by atoms with Crippen molar-refractivity contribution >= 4 is 28.5 Å². The third-order valence-corrected chi connectivity index (χ3v) is 5.27. The number of rotatable bonds is 2. The molecule has 1 amide bonds. The molecule has 0 saturated carbocycles. The van der Waals surface area contributed by atoms with Crippen molar-refractivity contribution in [3.63, 3.8) is 0 Å². The molecule has 2 aliphatic heterocycles. The number of aryl methyl sites for hydroxylation is 1. The third kappa shape index (κ3) is 2.89. The summed E-state index contributed by atoms with van der Waals surface area (Å²) in [5, 5.41) is 8.05. The van der Waals surface area contributed by atoms with Gasteiger partial charge in [0.05, 0.1) is 5.69 Å². The summed E-state index contributed by atoms with van der Waals surface area (Å²) in [5.41, 5.74) is 4.19. The normalized spacial score (nSPS) is 17.6. The Labute approximate surface area is 149 Å². The van der Waals surface area contributed by atoms with Gasteiger partial charge in [0.1, 0.15) is 5.69 Å². The predicted molar refractivity (Wildman–Crippen MR) is 96.2 cm³/mol. The molecule has 0 saturated heterocycles. The zero-order valence-electron chi connectivity index (χ0n) is 12.9. The zero-order chi connectivity index (χ0) is 15.8. The van der Waals surface area contributed by atoms with Gasteiger partial charge in [-0.3, -0.25) is 9.48 Å². The molecular weight excluding hydrogens is 403 g/mol. The van der Waals surface area contributed by atoms with E-state index in [1.54, 1.807) is 0 Å². The van der Waals surface area contributed by atoms with Gasteiger partial charge in [0.15, 0.2) is 0 Å². The molecule has 3 heterocycles. The van der Waals surface area contributed by atoms with Crippen LogP contribution in [0.1, 0.15) is 33.7 Å². The molecule has 0 radical (unpaired) electrons. The lowest BCUT2D eigenvalue weighted by Gasteiger charge is -2.21. The van der Waals surface area contributed by atoms with Crippen LogP contribution in [0.3, 0.4) is 0 Å². The van der Waals surface area contributed by atoms with E-state index in [4.69, 9.17) is 0 Å². The second kappa shape index (κ2) is 6.24. The average Bonchev–Trinajstić information content (AvgIpc) is 2.86. The minimum Gasteiger partial charge on any atom is -0.333 e. The number of nitrogens with one attached hydrogen (secondary N) is 1. The maximum absolute atomic E-state index is 13.1.